The van der Waals surface area contributed by atoms with Gasteiger partial charge in [-0.3, -0.25) is 0 Å². The maximum absolute atomic E-state index is 12.9. The molecule has 0 unspecified atom stereocenters. The highest BCUT2D eigenvalue weighted by Gasteiger charge is 2.52. The van der Waals surface area contributed by atoms with Crippen molar-refractivity contribution in [2.75, 3.05) is 0 Å². The molecule has 8 heteroatoms. The average Bonchev–Trinajstić information content (AvgIpc) is 2.69. The van der Waals surface area contributed by atoms with Crippen molar-refractivity contribution in [2.24, 2.45) is 5.92 Å². The smallest absolute Gasteiger partial charge is 0.359 e. The first-order valence-electron chi connectivity index (χ1n) is 12.2. The summed E-state index contributed by atoms with van der Waals surface area (Å²) >= 11 is 0. The molecular weight excluding hydrogens is 432 g/mol. The first kappa shape index (κ1) is 28.3. The molecule has 182 valence electrons. The number of nitrogens with zero attached hydrogens (tertiary/aromatic N) is 2. The van der Waals surface area contributed by atoms with Crippen molar-refractivity contribution in [1.82, 2.24) is 0 Å². The minimum absolute atomic E-state index is 0.434. The molecule has 0 aliphatic heterocycles. The van der Waals surface area contributed by atoms with Crippen LogP contribution in [0.3, 0.4) is 0 Å². The maximum atomic E-state index is 12.9. The standard InChI is InChI=1S/C23H44N2O4S2/c1-5-6-7-8-9-10-11-12-13-14-15-20-16-18-21(19-17-20)30(26,27)22(25-24)31(28,29)23(2,3)4/h20-21H,5-19H2,1-4H3. The van der Waals surface area contributed by atoms with E-state index < -0.39 is 34.0 Å². The molecule has 0 amide bonds. The van der Waals surface area contributed by atoms with Crippen LogP contribution >= 0.6 is 0 Å². The lowest BCUT2D eigenvalue weighted by molar-refractivity contribution is 0.00355. The minimum atomic E-state index is -4.23. The highest BCUT2D eigenvalue weighted by atomic mass is 32.3. The quantitative estimate of drug-likeness (QED) is 0.112. The van der Waals surface area contributed by atoms with Crippen LogP contribution in [0.15, 0.2) is 0 Å². The van der Waals surface area contributed by atoms with E-state index in [1.54, 1.807) is 0 Å². The van der Waals surface area contributed by atoms with E-state index in [1.165, 1.54) is 85.0 Å². The second-order valence-electron chi connectivity index (χ2n) is 10.1. The molecule has 0 spiro atoms. The first-order valence-corrected chi connectivity index (χ1v) is 15.2. The monoisotopic (exact) mass is 476 g/mol. The van der Waals surface area contributed by atoms with Crippen LogP contribution in [-0.4, -0.2) is 36.0 Å². The summed E-state index contributed by atoms with van der Waals surface area (Å²) in [6.45, 7) is 6.47. The van der Waals surface area contributed by atoms with Crippen molar-refractivity contribution in [2.45, 2.75) is 134 Å². The first-order chi connectivity index (χ1) is 14.5. The van der Waals surface area contributed by atoms with Gasteiger partial charge in [-0.05, 0) is 52.4 Å². The summed E-state index contributed by atoms with van der Waals surface area (Å²) in [6.07, 6.45) is 16.6. The zero-order chi connectivity index (χ0) is 23.5. The van der Waals surface area contributed by atoms with Crippen LogP contribution in [-0.2, 0) is 19.7 Å². The number of rotatable bonds is 12. The third-order valence-electron chi connectivity index (χ3n) is 6.56. The van der Waals surface area contributed by atoms with E-state index in [9.17, 15) is 22.4 Å². The molecule has 0 aromatic heterocycles. The van der Waals surface area contributed by atoms with Crippen LogP contribution < -0.4 is 0 Å². The normalized spacial score (nSPS) is 20.4. The lowest BCUT2D eigenvalue weighted by atomic mass is 9.85. The molecule has 0 N–H and O–H groups in total. The molecular formula is C23H44N2O4S2. The molecule has 0 aromatic rings. The zero-order valence-corrected chi connectivity index (χ0v) is 21.7. The Morgan fingerprint density at radius 3 is 1.68 bits per heavy atom. The lowest BCUT2D eigenvalue weighted by Gasteiger charge is -2.27. The van der Waals surface area contributed by atoms with Crippen LogP contribution in [0.5, 0.6) is 0 Å². The van der Waals surface area contributed by atoms with Gasteiger partial charge in [0, 0.05) is 0 Å². The van der Waals surface area contributed by atoms with Crippen molar-refractivity contribution < 1.29 is 21.6 Å². The van der Waals surface area contributed by atoms with Crippen LogP contribution in [0.2, 0.25) is 0 Å². The van der Waals surface area contributed by atoms with Crippen LogP contribution in [0, 0.1) is 5.92 Å². The molecule has 1 aliphatic carbocycles. The van der Waals surface area contributed by atoms with Crippen LogP contribution in [0.25, 0.3) is 5.53 Å². The van der Waals surface area contributed by atoms with E-state index >= 15 is 0 Å². The molecule has 1 saturated carbocycles. The van der Waals surface area contributed by atoms with Gasteiger partial charge in [0.1, 0.15) is 0 Å². The van der Waals surface area contributed by atoms with Crippen molar-refractivity contribution in [1.29, 1.82) is 0 Å². The fraction of sp³-hybridized carbons (Fsp3) is 0.957. The SMILES string of the molecule is CCCCCCCCCCCCC1CCC(S(=O)(=O)C(=[N+]=[N-])S(=O)(=O)C(C)(C)C)CC1. The minimum Gasteiger partial charge on any atom is -0.359 e. The predicted octanol–water partition coefficient (Wildman–Crippen LogP) is 6.07. The van der Waals surface area contributed by atoms with Crippen molar-refractivity contribution in [3.63, 3.8) is 0 Å². The number of unbranched alkanes of at least 4 members (excludes halogenated alkanes) is 9. The third-order valence-corrected chi connectivity index (χ3v) is 12.0. The van der Waals surface area contributed by atoms with Gasteiger partial charge < -0.3 is 5.53 Å². The van der Waals surface area contributed by atoms with Crippen LogP contribution in [0.4, 0.5) is 0 Å². The van der Waals surface area contributed by atoms with Crippen molar-refractivity contribution >= 4 is 24.1 Å². The molecule has 1 fully saturated rings. The Morgan fingerprint density at radius 2 is 1.26 bits per heavy atom. The Kier molecular flexibility index (Phi) is 12.0. The largest absolute Gasteiger partial charge is 0.495 e. The summed E-state index contributed by atoms with van der Waals surface area (Å²) in [6, 6.07) is 0. The maximum Gasteiger partial charge on any atom is 0.495 e. The zero-order valence-electron chi connectivity index (χ0n) is 20.1. The van der Waals surface area contributed by atoms with Gasteiger partial charge in [-0.1, -0.05) is 77.6 Å². The highest BCUT2D eigenvalue weighted by molar-refractivity contribution is 8.31. The second-order valence-corrected chi connectivity index (χ2v) is 15.2. The van der Waals surface area contributed by atoms with Gasteiger partial charge in [0.2, 0.25) is 0 Å². The van der Waals surface area contributed by atoms with Gasteiger partial charge >= 0.3 is 4.38 Å². The van der Waals surface area contributed by atoms with Gasteiger partial charge in [0.25, 0.3) is 19.7 Å². The van der Waals surface area contributed by atoms with Gasteiger partial charge in [-0.25, -0.2) is 16.8 Å². The molecule has 0 heterocycles. The molecule has 31 heavy (non-hydrogen) atoms. The molecule has 1 aliphatic rings. The number of hydrogen-bond acceptors (Lipinski definition) is 4. The van der Waals surface area contributed by atoms with E-state index in [0.29, 0.717) is 18.8 Å². The topological polar surface area (TPSA) is 105 Å². The summed E-state index contributed by atoms with van der Waals surface area (Å²) < 4.78 is 48.5. The van der Waals surface area contributed by atoms with E-state index in [1.807, 2.05) is 0 Å². The Hall–Kier alpha value is -0.720. The number of hydrogen-bond donors (Lipinski definition) is 0. The van der Waals surface area contributed by atoms with Gasteiger partial charge in [-0.15, -0.1) is 4.79 Å². The Morgan fingerprint density at radius 1 is 0.806 bits per heavy atom. The van der Waals surface area contributed by atoms with Crippen molar-refractivity contribution in [3.05, 3.63) is 5.53 Å². The second kappa shape index (κ2) is 13.1. The molecule has 0 atom stereocenters. The summed E-state index contributed by atoms with van der Waals surface area (Å²) in [5.41, 5.74) is 9.23. The molecule has 1 rings (SSSR count). The predicted molar refractivity (Wildman–Crippen MR) is 128 cm³/mol. The fourth-order valence-corrected chi connectivity index (χ4v) is 8.62. The third kappa shape index (κ3) is 8.62. The Balaban J connectivity index is 2.38. The van der Waals surface area contributed by atoms with Gasteiger partial charge in [0.15, 0.2) is 0 Å². The van der Waals surface area contributed by atoms with Gasteiger partial charge in [0.05, 0.1) is 10.00 Å². The van der Waals surface area contributed by atoms with Crippen molar-refractivity contribution in [3.8, 4) is 0 Å². The molecule has 6 nitrogen and oxygen atoms in total. The number of sulfone groups is 2. The van der Waals surface area contributed by atoms with Crippen LogP contribution in [0.1, 0.15) is 124 Å². The Labute approximate surface area is 191 Å². The fourth-order valence-electron chi connectivity index (χ4n) is 4.32. The van der Waals surface area contributed by atoms with E-state index in [0.717, 1.165) is 19.3 Å². The summed E-state index contributed by atoms with van der Waals surface area (Å²) in [5.74, 6) is 0.509. The molecule has 0 aromatic carbocycles. The summed E-state index contributed by atoms with van der Waals surface area (Å²) in [7, 11) is -8.40. The molecule has 0 radical (unpaired) electrons. The Bertz CT molecular complexity index is 784. The summed E-state index contributed by atoms with van der Waals surface area (Å²) in [5, 5.41) is -0.778. The lowest BCUT2D eigenvalue weighted by Crippen LogP contribution is -2.43. The van der Waals surface area contributed by atoms with Gasteiger partial charge in [-0.2, -0.15) is 0 Å². The average molecular weight is 477 g/mol. The van der Waals surface area contributed by atoms with E-state index in [4.69, 9.17) is 0 Å². The molecule has 0 saturated heterocycles. The van der Waals surface area contributed by atoms with E-state index in [2.05, 4.69) is 11.7 Å². The van der Waals surface area contributed by atoms with E-state index in [-0.39, 0.29) is 0 Å². The highest BCUT2D eigenvalue weighted by Crippen LogP contribution is 2.34. The summed E-state index contributed by atoms with van der Waals surface area (Å²) in [4.78, 5) is 2.74. The molecule has 0 bridgehead atoms.